The van der Waals surface area contributed by atoms with E-state index >= 15 is 0 Å². The molecule has 27 heavy (non-hydrogen) atoms. The van der Waals surface area contributed by atoms with Crippen molar-refractivity contribution in [2.24, 2.45) is 0 Å². The fourth-order valence-electron chi connectivity index (χ4n) is 2.98. The summed E-state index contributed by atoms with van der Waals surface area (Å²) in [4.78, 5) is 26.0. The highest BCUT2D eigenvalue weighted by Gasteiger charge is 2.22. The summed E-state index contributed by atoms with van der Waals surface area (Å²) in [5, 5.41) is 0. The molecule has 0 spiro atoms. The molecule has 1 amide bonds. The van der Waals surface area contributed by atoms with Crippen molar-refractivity contribution in [3.63, 3.8) is 0 Å². The molecule has 7 heteroatoms. The molecular weight excluding hydrogens is 350 g/mol. The van der Waals surface area contributed by atoms with Crippen molar-refractivity contribution in [3.05, 3.63) is 42.0 Å². The Balaban J connectivity index is 1.78. The SMILES string of the molecule is COc1cc(C(=O)Oc2ccc(N3CCCC3=O)cc2)cc(OC)c1OC. The van der Waals surface area contributed by atoms with E-state index in [-0.39, 0.29) is 11.5 Å². The van der Waals surface area contributed by atoms with Gasteiger partial charge < -0.3 is 23.8 Å². The number of carbonyl (C=O) groups excluding carboxylic acids is 2. The standard InChI is InChI=1S/C20H21NO6/c1-24-16-11-13(12-17(25-2)19(16)26-3)20(23)27-15-8-6-14(7-9-15)21-10-4-5-18(21)22/h6-9,11-12H,4-5,10H2,1-3H3. The molecule has 1 aliphatic rings. The maximum Gasteiger partial charge on any atom is 0.343 e. The summed E-state index contributed by atoms with van der Waals surface area (Å²) in [6.07, 6.45) is 1.43. The van der Waals surface area contributed by atoms with Crippen molar-refractivity contribution >= 4 is 17.6 Å². The lowest BCUT2D eigenvalue weighted by Gasteiger charge is -2.16. The Morgan fingerprint density at radius 3 is 2.07 bits per heavy atom. The third-order valence-corrected chi connectivity index (χ3v) is 4.33. The van der Waals surface area contributed by atoms with E-state index in [1.54, 1.807) is 29.2 Å². The second kappa shape index (κ2) is 7.99. The van der Waals surface area contributed by atoms with Gasteiger partial charge >= 0.3 is 5.97 Å². The number of hydrogen-bond donors (Lipinski definition) is 0. The number of carbonyl (C=O) groups is 2. The maximum absolute atomic E-state index is 12.5. The van der Waals surface area contributed by atoms with Crippen molar-refractivity contribution in [2.75, 3.05) is 32.8 Å². The molecule has 142 valence electrons. The van der Waals surface area contributed by atoms with Gasteiger partial charge in [0, 0.05) is 18.7 Å². The average Bonchev–Trinajstić information content (AvgIpc) is 3.13. The van der Waals surface area contributed by atoms with Crippen LogP contribution >= 0.6 is 0 Å². The maximum atomic E-state index is 12.5. The molecule has 0 radical (unpaired) electrons. The fraction of sp³-hybridized carbons (Fsp3) is 0.300. The summed E-state index contributed by atoms with van der Waals surface area (Å²) in [6, 6.07) is 9.91. The van der Waals surface area contributed by atoms with Crippen molar-refractivity contribution < 1.29 is 28.5 Å². The number of amides is 1. The normalized spacial score (nSPS) is 13.4. The van der Waals surface area contributed by atoms with Crippen LogP contribution in [-0.2, 0) is 4.79 Å². The largest absolute Gasteiger partial charge is 0.493 e. The van der Waals surface area contributed by atoms with Crippen LogP contribution in [0.3, 0.4) is 0 Å². The fourth-order valence-corrected chi connectivity index (χ4v) is 2.98. The van der Waals surface area contributed by atoms with Gasteiger partial charge in [0.05, 0.1) is 26.9 Å². The Labute approximate surface area is 157 Å². The minimum Gasteiger partial charge on any atom is -0.493 e. The Morgan fingerprint density at radius 2 is 1.59 bits per heavy atom. The third-order valence-electron chi connectivity index (χ3n) is 4.33. The Bertz CT molecular complexity index is 821. The van der Waals surface area contributed by atoms with E-state index in [4.69, 9.17) is 18.9 Å². The summed E-state index contributed by atoms with van der Waals surface area (Å²) in [5.41, 5.74) is 1.06. The molecule has 1 heterocycles. The first kappa shape index (κ1) is 18.6. The van der Waals surface area contributed by atoms with Crippen LogP contribution in [0.25, 0.3) is 0 Å². The smallest absolute Gasteiger partial charge is 0.343 e. The molecule has 3 rings (SSSR count). The summed E-state index contributed by atoms with van der Waals surface area (Å²) in [5.74, 6) is 1.06. The molecule has 0 aromatic heterocycles. The van der Waals surface area contributed by atoms with Gasteiger partial charge in [-0.1, -0.05) is 0 Å². The van der Waals surface area contributed by atoms with Gasteiger partial charge in [-0.25, -0.2) is 4.79 Å². The Morgan fingerprint density at radius 1 is 0.963 bits per heavy atom. The van der Waals surface area contributed by atoms with E-state index < -0.39 is 5.97 Å². The van der Waals surface area contributed by atoms with E-state index in [0.29, 0.717) is 36.0 Å². The molecule has 0 atom stereocenters. The molecule has 0 saturated carbocycles. The van der Waals surface area contributed by atoms with E-state index in [0.717, 1.165) is 12.1 Å². The number of nitrogens with zero attached hydrogens (tertiary/aromatic N) is 1. The molecule has 2 aromatic rings. The van der Waals surface area contributed by atoms with Gasteiger partial charge in [-0.05, 0) is 42.8 Å². The molecule has 0 unspecified atom stereocenters. The minimum atomic E-state index is -0.556. The van der Waals surface area contributed by atoms with Crippen LogP contribution in [0, 0.1) is 0 Å². The first-order valence-electron chi connectivity index (χ1n) is 8.50. The second-order valence-electron chi connectivity index (χ2n) is 5.95. The van der Waals surface area contributed by atoms with Gasteiger partial charge in [-0.2, -0.15) is 0 Å². The van der Waals surface area contributed by atoms with Crippen LogP contribution in [0.5, 0.6) is 23.0 Å². The van der Waals surface area contributed by atoms with Gasteiger partial charge in [0.25, 0.3) is 0 Å². The van der Waals surface area contributed by atoms with Crippen LogP contribution in [0.15, 0.2) is 36.4 Å². The second-order valence-corrected chi connectivity index (χ2v) is 5.95. The Hall–Kier alpha value is -3.22. The predicted molar refractivity (Wildman–Crippen MR) is 99.1 cm³/mol. The number of ether oxygens (including phenoxy) is 4. The molecule has 2 aromatic carbocycles. The predicted octanol–water partition coefficient (Wildman–Crippen LogP) is 3.06. The van der Waals surface area contributed by atoms with E-state index in [1.807, 2.05) is 0 Å². The highest BCUT2D eigenvalue weighted by molar-refractivity contribution is 5.95. The number of benzene rings is 2. The minimum absolute atomic E-state index is 0.108. The van der Waals surface area contributed by atoms with E-state index in [2.05, 4.69) is 0 Å². The van der Waals surface area contributed by atoms with E-state index in [1.165, 1.54) is 33.5 Å². The zero-order valence-corrected chi connectivity index (χ0v) is 15.5. The van der Waals surface area contributed by atoms with Gasteiger partial charge in [0.15, 0.2) is 11.5 Å². The van der Waals surface area contributed by atoms with Crippen molar-refractivity contribution in [1.82, 2.24) is 0 Å². The lowest BCUT2D eigenvalue weighted by Crippen LogP contribution is -2.23. The molecule has 0 bridgehead atoms. The topological polar surface area (TPSA) is 74.3 Å². The average molecular weight is 371 g/mol. The summed E-state index contributed by atoms with van der Waals surface area (Å²) < 4.78 is 21.2. The molecule has 1 fully saturated rings. The molecule has 1 saturated heterocycles. The number of anilines is 1. The molecule has 0 N–H and O–H groups in total. The first-order chi connectivity index (χ1) is 13.1. The molecule has 0 aliphatic carbocycles. The molecule has 7 nitrogen and oxygen atoms in total. The highest BCUT2D eigenvalue weighted by Crippen LogP contribution is 2.38. The van der Waals surface area contributed by atoms with Crippen LogP contribution in [0.2, 0.25) is 0 Å². The van der Waals surface area contributed by atoms with E-state index in [9.17, 15) is 9.59 Å². The van der Waals surface area contributed by atoms with Crippen LogP contribution in [-0.4, -0.2) is 39.8 Å². The first-order valence-corrected chi connectivity index (χ1v) is 8.50. The Kier molecular flexibility index (Phi) is 5.49. The number of hydrogen-bond acceptors (Lipinski definition) is 6. The van der Waals surface area contributed by atoms with Gasteiger partial charge in [0.2, 0.25) is 11.7 Å². The molecular formula is C20H21NO6. The van der Waals surface area contributed by atoms with Gasteiger partial charge in [0.1, 0.15) is 5.75 Å². The lowest BCUT2D eigenvalue weighted by molar-refractivity contribution is -0.117. The number of esters is 1. The van der Waals surface area contributed by atoms with Crippen molar-refractivity contribution in [2.45, 2.75) is 12.8 Å². The quantitative estimate of drug-likeness (QED) is 0.574. The van der Waals surface area contributed by atoms with Gasteiger partial charge in [-0.3, -0.25) is 4.79 Å². The van der Waals surface area contributed by atoms with Crippen LogP contribution in [0.1, 0.15) is 23.2 Å². The zero-order chi connectivity index (χ0) is 19.4. The van der Waals surface area contributed by atoms with Crippen molar-refractivity contribution in [1.29, 1.82) is 0 Å². The van der Waals surface area contributed by atoms with Gasteiger partial charge in [-0.15, -0.1) is 0 Å². The van der Waals surface area contributed by atoms with Crippen LogP contribution in [0.4, 0.5) is 5.69 Å². The number of rotatable bonds is 6. The lowest BCUT2D eigenvalue weighted by atomic mass is 10.2. The summed E-state index contributed by atoms with van der Waals surface area (Å²) in [6.45, 7) is 0.712. The van der Waals surface area contributed by atoms with Crippen LogP contribution < -0.4 is 23.8 Å². The third kappa shape index (κ3) is 3.81. The molecule has 1 aliphatic heterocycles. The highest BCUT2D eigenvalue weighted by atomic mass is 16.5. The summed E-state index contributed by atoms with van der Waals surface area (Å²) in [7, 11) is 4.45. The zero-order valence-electron chi connectivity index (χ0n) is 15.5. The number of methoxy groups -OCH3 is 3. The van der Waals surface area contributed by atoms with Crippen molar-refractivity contribution in [3.8, 4) is 23.0 Å². The monoisotopic (exact) mass is 371 g/mol. The summed E-state index contributed by atoms with van der Waals surface area (Å²) >= 11 is 0.